The van der Waals surface area contributed by atoms with Crippen LogP contribution in [0.5, 0.6) is 0 Å². The van der Waals surface area contributed by atoms with Crippen molar-refractivity contribution in [1.82, 2.24) is 5.32 Å². The van der Waals surface area contributed by atoms with Crippen LogP contribution >= 0.6 is 7.60 Å². The number of carboxylic acids is 1. The van der Waals surface area contributed by atoms with Crippen LogP contribution in [0.25, 0.3) is 0 Å². The Bertz CT molecular complexity index is 593. The summed E-state index contributed by atoms with van der Waals surface area (Å²) in [5, 5.41) is 11.8. The van der Waals surface area contributed by atoms with Crippen molar-refractivity contribution in [3.05, 3.63) is 0 Å². The van der Waals surface area contributed by atoms with Crippen molar-refractivity contribution in [2.24, 2.45) is 0 Å². The molecule has 12 heteroatoms. The highest BCUT2D eigenvalue weighted by atomic mass is 31.2. The molecule has 0 aliphatic carbocycles. The number of nitrogens with one attached hydrogen (secondary N) is 1. The molecule has 11 nitrogen and oxygen atoms in total. The van der Waals surface area contributed by atoms with Crippen LogP contribution in [0.4, 0.5) is 0 Å². The standard InChI is InChI=1S/C16H28NO10P/c1-6-24-14(21)16(17-11(5)18,15(22)25-7-2)10-12(13(19)20)28(23,26-8-3)27-9-4/h12H,6-10H2,1-5H3,(H,17,18)(H,19,20). The molecule has 0 fully saturated rings. The Labute approximate surface area is 163 Å². The summed E-state index contributed by atoms with van der Waals surface area (Å²) in [6, 6.07) is 0. The van der Waals surface area contributed by atoms with Gasteiger partial charge in [-0.15, -0.1) is 0 Å². The largest absolute Gasteiger partial charge is 0.481 e. The number of hydrogen-bond donors (Lipinski definition) is 2. The van der Waals surface area contributed by atoms with Crippen molar-refractivity contribution < 1.29 is 47.4 Å². The zero-order valence-electron chi connectivity index (χ0n) is 16.7. The maximum Gasteiger partial charge on any atom is 0.344 e. The predicted octanol–water partition coefficient (Wildman–Crippen LogP) is 1.10. The van der Waals surface area contributed by atoms with Gasteiger partial charge in [0.2, 0.25) is 11.4 Å². The molecular weight excluding hydrogens is 397 g/mol. The lowest BCUT2D eigenvalue weighted by Gasteiger charge is -2.33. The van der Waals surface area contributed by atoms with Gasteiger partial charge in [0.05, 0.1) is 26.4 Å². The minimum Gasteiger partial charge on any atom is -0.481 e. The number of aliphatic carboxylic acids is 1. The summed E-state index contributed by atoms with van der Waals surface area (Å²) in [7, 11) is -4.31. The molecule has 1 unspecified atom stereocenters. The highest BCUT2D eigenvalue weighted by Crippen LogP contribution is 2.55. The second-order valence-corrected chi connectivity index (χ2v) is 7.68. The molecule has 0 aliphatic rings. The first-order chi connectivity index (χ1) is 13.0. The second kappa shape index (κ2) is 11.8. The number of carboxylic acid groups (broad SMARTS) is 1. The molecule has 1 amide bonds. The monoisotopic (exact) mass is 425 g/mol. The SMILES string of the molecule is CCOC(=O)C(CC(C(=O)O)P(=O)(OCC)OCC)(NC(C)=O)C(=O)OCC. The maximum atomic E-state index is 13.0. The summed E-state index contributed by atoms with van der Waals surface area (Å²) in [6.07, 6.45) is -0.948. The van der Waals surface area contributed by atoms with Crippen molar-refractivity contribution in [3.8, 4) is 0 Å². The molecule has 0 bridgehead atoms. The molecule has 0 saturated heterocycles. The third-order valence-electron chi connectivity index (χ3n) is 3.42. The van der Waals surface area contributed by atoms with Crippen LogP contribution in [0.1, 0.15) is 41.0 Å². The normalized spacial score (nSPS) is 12.8. The molecule has 0 spiro atoms. The highest BCUT2D eigenvalue weighted by molar-refractivity contribution is 7.55. The van der Waals surface area contributed by atoms with E-state index < -0.39 is 49.0 Å². The first kappa shape index (κ1) is 26.0. The third-order valence-corrected chi connectivity index (χ3v) is 5.82. The average molecular weight is 425 g/mol. The fourth-order valence-electron chi connectivity index (χ4n) is 2.41. The molecule has 0 rings (SSSR count). The Morgan fingerprint density at radius 1 is 0.929 bits per heavy atom. The highest BCUT2D eigenvalue weighted by Gasteiger charge is 2.57. The molecule has 28 heavy (non-hydrogen) atoms. The molecule has 2 N–H and O–H groups in total. The first-order valence-corrected chi connectivity index (χ1v) is 10.4. The van der Waals surface area contributed by atoms with E-state index in [0.29, 0.717) is 0 Å². The molecule has 0 aromatic rings. The topological polar surface area (TPSA) is 155 Å². The van der Waals surface area contributed by atoms with E-state index in [2.05, 4.69) is 5.32 Å². The van der Waals surface area contributed by atoms with E-state index >= 15 is 0 Å². The van der Waals surface area contributed by atoms with E-state index in [1.165, 1.54) is 27.7 Å². The molecule has 0 radical (unpaired) electrons. The molecule has 0 aliphatic heterocycles. The van der Waals surface area contributed by atoms with Gasteiger partial charge in [0.1, 0.15) is 0 Å². The summed E-state index contributed by atoms with van der Waals surface area (Å²) in [4.78, 5) is 48.8. The van der Waals surface area contributed by atoms with Gasteiger partial charge in [0, 0.05) is 13.3 Å². The minimum atomic E-state index is -4.31. The van der Waals surface area contributed by atoms with E-state index in [9.17, 15) is 28.8 Å². The quantitative estimate of drug-likeness (QED) is 0.249. The Morgan fingerprint density at radius 3 is 1.64 bits per heavy atom. The molecule has 0 aromatic heterocycles. The van der Waals surface area contributed by atoms with Gasteiger partial charge in [-0.05, 0) is 27.7 Å². The number of amides is 1. The molecular formula is C16H28NO10P. The number of ether oxygens (including phenoxy) is 2. The van der Waals surface area contributed by atoms with Gasteiger partial charge in [-0.25, -0.2) is 9.59 Å². The fourth-order valence-corrected chi connectivity index (χ4v) is 4.34. The van der Waals surface area contributed by atoms with Crippen molar-refractivity contribution in [2.75, 3.05) is 26.4 Å². The van der Waals surface area contributed by atoms with Gasteiger partial charge in [-0.1, -0.05) is 0 Å². The third kappa shape index (κ3) is 6.57. The Balaban J connectivity index is 6.45. The van der Waals surface area contributed by atoms with Crippen LogP contribution in [0.2, 0.25) is 0 Å². The molecule has 0 aromatic carbocycles. The summed E-state index contributed by atoms with van der Waals surface area (Å²) in [5.74, 6) is -4.95. The van der Waals surface area contributed by atoms with E-state index in [0.717, 1.165) is 6.92 Å². The lowest BCUT2D eigenvalue weighted by atomic mass is 9.92. The summed E-state index contributed by atoms with van der Waals surface area (Å²) < 4.78 is 32.9. The number of carbonyl (C=O) groups is 4. The minimum absolute atomic E-state index is 0.146. The smallest absolute Gasteiger partial charge is 0.344 e. The lowest BCUT2D eigenvalue weighted by molar-refractivity contribution is -0.168. The number of rotatable bonds is 13. The van der Waals surface area contributed by atoms with E-state index in [1.807, 2.05) is 0 Å². The number of carbonyl (C=O) groups excluding carboxylic acids is 3. The zero-order valence-corrected chi connectivity index (χ0v) is 17.6. The lowest BCUT2D eigenvalue weighted by Crippen LogP contribution is -2.63. The fraction of sp³-hybridized carbons (Fsp3) is 0.750. The van der Waals surface area contributed by atoms with Gasteiger partial charge < -0.3 is 28.9 Å². The van der Waals surface area contributed by atoms with Crippen LogP contribution in [-0.2, 0) is 42.3 Å². The van der Waals surface area contributed by atoms with E-state index in [-0.39, 0.29) is 26.4 Å². The van der Waals surface area contributed by atoms with Crippen LogP contribution in [0.3, 0.4) is 0 Å². The second-order valence-electron chi connectivity index (χ2n) is 5.46. The number of esters is 2. The van der Waals surface area contributed by atoms with Crippen LogP contribution in [-0.4, -0.2) is 66.5 Å². The summed E-state index contributed by atoms with van der Waals surface area (Å²) >= 11 is 0. The Kier molecular flexibility index (Phi) is 10.9. The van der Waals surface area contributed by atoms with E-state index in [4.69, 9.17) is 18.5 Å². The average Bonchev–Trinajstić information content (AvgIpc) is 2.58. The van der Waals surface area contributed by atoms with Crippen molar-refractivity contribution >= 4 is 31.4 Å². The number of hydrogen-bond acceptors (Lipinski definition) is 9. The molecule has 162 valence electrons. The van der Waals surface area contributed by atoms with Crippen LogP contribution in [0.15, 0.2) is 0 Å². The molecule has 1 atom stereocenters. The molecule has 0 saturated carbocycles. The van der Waals surface area contributed by atoms with Crippen LogP contribution < -0.4 is 5.32 Å². The Morgan fingerprint density at radius 2 is 1.36 bits per heavy atom. The van der Waals surface area contributed by atoms with E-state index in [1.54, 1.807) is 0 Å². The van der Waals surface area contributed by atoms with Crippen molar-refractivity contribution in [2.45, 2.75) is 52.2 Å². The zero-order chi connectivity index (χ0) is 22.0. The van der Waals surface area contributed by atoms with Gasteiger partial charge in [-0.3, -0.25) is 14.2 Å². The summed E-state index contributed by atoms with van der Waals surface area (Å²) in [5.41, 5.74) is -4.49. The predicted molar refractivity (Wildman–Crippen MR) is 96.7 cm³/mol. The summed E-state index contributed by atoms with van der Waals surface area (Å²) in [6.45, 7) is 6.28. The first-order valence-electron chi connectivity index (χ1n) is 8.79. The van der Waals surface area contributed by atoms with Crippen molar-refractivity contribution in [3.63, 3.8) is 0 Å². The van der Waals surface area contributed by atoms with Gasteiger partial charge in [0.25, 0.3) is 0 Å². The van der Waals surface area contributed by atoms with Crippen molar-refractivity contribution in [1.29, 1.82) is 0 Å². The Hall–Kier alpha value is -1.97. The van der Waals surface area contributed by atoms with Gasteiger partial charge in [0.15, 0.2) is 5.66 Å². The molecule has 0 heterocycles. The van der Waals surface area contributed by atoms with Gasteiger partial charge >= 0.3 is 25.5 Å². The van der Waals surface area contributed by atoms with Gasteiger partial charge in [-0.2, -0.15) is 0 Å². The van der Waals surface area contributed by atoms with Crippen LogP contribution in [0, 0.1) is 0 Å². The maximum absolute atomic E-state index is 13.0.